The number of anilines is 1. The van der Waals surface area contributed by atoms with Crippen LogP contribution >= 0.6 is 12.2 Å². The highest BCUT2D eigenvalue weighted by atomic mass is 32.1. The minimum Gasteiger partial charge on any atom is -0.495 e. The van der Waals surface area contributed by atoms with E-state index in [1.807, 2.05) is 0 Å². The van der Waals surface area contributed by atoms with Gasteiger partial charge in [-0.3, -0.25) is 0 Å². The number of nitroso groups, excluding NO2 is 1. The second-order valence-corrected chi connectivity index (χ2v) is 4.10. The van der Waals surface area contributed by atoms with Crippen molar-refractivity contribution in [3.05, 3.63) is 23.1 Å². The van der Waals surface area contributed by atoms with E-state index in [1.54, 1.807) is 18.2 Å². The summed E-state index contributed by atoms with van der Waals surface area (Å²) in [6, 6.07) is 4.73. The van der Waals surface area contributed by atoms with Gasteiger partial charge in [-0.05, 0) is 35.6 Å². The second-order valence-electron chi connectivity index (χ2n) is 3.69. The monoisotopic (exact) mass is 299 g/mol. The van der Waals surface area contributed by atoms with Gasteiger partial charge in [-0.1, -0.05) is 0 Å². The molecule has 1 rings (SSSR count). The maximum Gasteiger partial charge on any atom is 0.170 e. The molecule has 7 nitrogen and oxygen atoms in total. The molecule has 0 atom stereocenters. The van der Waals surface area contributed by atoms with E-state index in [4.69, 9.17) is 26.8 Å². The molecule has 0 aromatic heterocycles. The first kappa shape index (κ1) is 16.3. The summed E-state index contributed by atoms with van der Waals surface area (Å²) in [5.41, 5.74) is 0.834. The third-order valence-corrected chi connectivity index (χ3v) is 2.55. The van der Waals surface area contributed by atoms with Crippen molar-refractivity contribution in [2.75, 3.05) is 38.8 Å². The van der Waals surface area contributed by atoms with Crippen LogP contribution in [-0.4, -0.2) is 43.7 Å². The van der Waals surface area contributed by atoms with E-state index in [0.717, 1.165) is 0 Å². The van der Waals surface area contributed by atoms with Crippen LogP contribution in [0.1, 0.15) is 0 Å². The second kappa shape index (κ2) is 9.18. The van der Waals surface area contributed by atoms with Crippen molar-refractivity contribution in [1.29, 1.82) is 0 Å². The Morgan fingerprint density at radius 3 is 2.90 bits per heavy atom. The van der Waals surface area contributed by atoms with Crippen LogP contribution in [0, 0.1) is 4.91 Å². The highest BCUT2D eigenvalue weighted by Gasteiger charge is 2.06. The smallest absolute Gasteiger partial charge is 0.170 e. The number of ether oxygens (including phenoxy) is 2. The summed E-state index contributed by atoms with van der Waals surface area (Å²) in [7, 11) is 1.52. The number of aliphatic hydroxyl groups is 1. The third kappa shape index (κ3) is 5.47. The van der Waals surface area contributed by atoms with E-state index in [0.29, 0.717) is 36.3 Å². The van der Waals surface area contributed by atoms with Crippen LogP contribution in [0.3, 0.4) is 0 Å². The van der Waals surface area contributed by atoms with Gasteiger partial charge in [-0.25, -0.2) is 0 Å². The number of rotatable bonds is 8. The number of thiocarbonyl (C=S) groups is 1. The number of benzene rings is 1. The number of hydrogen-bond donors (Lipinski definition) is 3. The quantitative estimate of drug-likeness (QED) is 0.379. The van der Waals surface area contributed by atoms with Crippen molar-refractivity contribution in [2.24, 2.45) is 5.18 Å². The molecule has 0 unspecified atom stereocenters. The average Bonchev–Trinajstić information content (AvgIpc) is 2.47. The lowest BCUT2D eigenvalue weighted by atomic mass is 10.2. The number of aliphatic hydroxyl groups excluding tert-OH is 1. The van der Waals surface area contributed by atoms with Crippen molar-refractivity contribution < 1.29 is 14.6 Å². The maximum absolute atomic E-state index is 10.5. The lowest BCUT2D eigenvalue weighted by molar-refractivity contribution is 0.0959. The maximum atomic E-state index is 10.5. The molecule has 0 saturated carbocycles. The molecule has 0 bridgehead atoms. The van der Waals surface area contributed by atoms with E-state index in [1.165, 1.54) is 7.11 Å². The Kier molecular flexibility index (Phi) is 7.48. The van der Waals surface area contributed by atoms with Gasteiger partial charge in [0.05, 0.1) is 32.6 Å². The summed E-state index contributed by atoms with van der Waals surface area (Å²) >= 11 is 5.11. The Balaban J connectivity index is 2.50. The van der Waals surface area contributed by atoms with Crippen molar-refractivity contribution >= 4 is 28.7 Å². The Labute approximate surface area is 122 Å². The number of nitrogens with one attached hydrogen (secondary N) is 2. The molecule has 110 valence electrons. The van der Waals surface area contributed by atoms with Crippen LogP contribution in [0.5, 0.6) is 5.75 Å². The highest BCUT2D eigenvalue weighted by Crippen LogP contribution is 2.28. The molecule has 3 N–H and O–H groups in total. The summed E-state index contributed by atoms with van der Waals surface area (Å²) in [6.07, 6.45) is 0. The van der Waals surface area contributed by atoms with Crippen LogP contribution in [0.4, 0.5) is 11.4 Å². The molecule has 0 aliphatic heterocycles. The van der Waals surface area contributed by atoms with Crippen LogP contribution in [-0.2, 0) is 4.74 Å². The van der Waals surface area contributed by atoms with E-state index in [2.05, 4.69) is 15.8 Å². The minimum absolute atomic E-state index is 0.00855. The van der Waals surface area contributed by atoms with Gasteiger partial charge in [0, 0.05) is 6.54 Å². The van der Waals surface area contributed by atoms with Crippen molar-refractivity contribution in [1.82, 2.24) is 5.32 Å². The van der Waals surface area contributed by atoms with Gasteiger partial charge in [0.25, 0.3) is 0 Å². The van der Waals surface area contributed by atoms with E-state index >= 15 is 0 Å². The fraction of sp³-hybridized carbons (Fsp3) is 0.417. The highest BCUT2D eigenvalue weighted by molar-refractivity contribution is 7.80. The van der Waals surface area contributed by atoms with Gasteiger partial charge in [-0.2, -0.15) is 0 Å². The molecule has 0 radical (unpaired) electrons. The molecule has 1 aromatic carbocycles. The SMILES string of the molecule is COc1ccc(N=O)cc1NC(=S)NCCOCCO. The van der Waals surface area contributed by atoms with Gasteiger partial charge in [0.2, 0.25) is 0 Å². The first-order chi connectivity index (χ1) is 9.71. The Morgan fingerprint density at radius 1 is 1.45 bits per heavy atom. The lowest BCUT2D eigenvalue weighted by Crippen LogP contribution is -2.31. The number of nitrogens with zero attached hydrogens (tertiary/aromatic N) is 1. The fourth-order valence-corrected chi connectivity index (χ4v) is 1.63. The van der Waals surface area contributed by atoms with Crippen LogP contribution in [0.25, 0.3) is 0 Å². The van der Waals surface area contributed by atoms with E-state index < -0.39 is 0 Å². The van der Waals surface area contributed by atoms with E-state index in [-0.39, 0.29) is 12.3 Å². The average molecular weight is 299 g/mol. The van der Waals surface area contributed by atoms with Gasteiger partial charge in [-0.15, -0.1) is 4.91 Å². The van der Waals surface area contributed by atoms with Gasteiger partial charge >= 0.3 is 0 Å². The Hall–Kier alpha value is -1.77. The molecular weight excluding hydrogens is 282 g/mol. The molecule has 0 heterocycles. The topological polar surface area (TPSA) is 92.2 Å². The van der Waals surface area contributed by atoms with Crippen molar-refractivity contribution in [2.45, 2.75) is 0 Å². The molecule has 0 fully saturated rings. The minimum atomic E-state index is -0.00855. The molecule has 0 amide bonds. The fourth-order valence-electron chi connectivity index (χ4n) is 1.42. The van der Waals surface area contributed by atoms with Crippen molar-refractivity contribution in [3.63, 3.8) is 0 Å². The molecule has 0 aliphatic carbocycles. The third-order valence-electron chi connectivity index (χ3n) is 2.30. The number of methoxy groups -OCH3 is 1. The van der Waals surface area contributed by atoms with Crippen LogP contribution in [0.15, 0.2) is 23.4 Å². The Morgan fingerprint density at radius 2 is 2.25 bits per heavy atom. The molecule has 0 spiro atoms. The first-order valence-electron chi connectivity index (χ1n) is 5.96. The molecule has 1 aromatic rings. The first-order valence-corrected chi connectivity index (χ1v) is 6.37. The zero-order chi connectivity index (χ0) is 14.8. The summed E-state index contributed by atoms with van der Waals surface area (Å²) < 4.78 is 10.2. The normalized spacial score (nSPS) is 9.90. The van der Waals surface area contributed by atoms with Crippen LogP contribution in [0.2, 0.25) is 0 Å². The lowest BCUT2D eigenvalue weighted by Gasteiger charge is -2.13. The summed E-state index contributed by atoms with van der Waals surface area (Å²) in [5, 5.41) is 17.6. The standard InChI is InChI=1S/C12H17N3O4S/c1-18-11-3-2-9(15-17)8-10(11)14-12(20)13-4-6-19-7-5-16/h2-3,8,16H,4-7H2,1H3,(H2,13,14,20). The molecule has 0 saturated heterocycles. The summed E-state index contributed by atoms with van der Waals surface area (Å²) in [4.78, 5) is 10.5. The molecule has 8 heteroatoms. The molecular formula is C12H17N3O4S. The van der Waals surface area contributed by atoms with Crippen molar-refractivity contribution in [3.8, 4) is 5.75 Å². The van der Waals surface area contributed by atoms with Gasteiger partial charge in [0.1, 0.15) is 11.4 Å². The van der Waals surface area contributed by atoms with Crippen LogP contribution < -0.4 is 15.4 Å². The zero-order valence-electron chi connectivity index (χ0n) is 11.1. The Bertz CT molecular complexity index is 456. The van der Waals surface area contributed by atoms with Gasteiger partial charge in [0.15, 0.2) is 5.11 Å². The predicted octanol–water partition coefficient (Wildman–Crippen LogP) is 1.39. The zero-order valence-corrected chi connectivity index (χ0v) is 11.9. The summed E-state index contributed by atoms with van der Waals surface area (Å²) in [6.45, 7) is 1.21. The molecule has 20 heavy (non-hydrogen) atoms. The van der Waals surface area contributed by atoms with E-state index in [9.17, 15) is 4.91 Å². The molecule has 0 aliphatic rings. The van der Waals surface area contributed by atoms with Gasteiger partial charge < -0.3 is 25.2 Å². The largest absolute Gasteiger partial charge is 0.495 e. The number of hydrogen-bond acceptors (Lipinski definition) is 6. The summed E-state index contributed by atoms with van der Waals surface area (Å²) in [5.74, 6) is 0.554. The predicted molar refractivity (Wildman–Crippen MR) is 80.6 cm³/mol.